The van der Waals surface area contributed by atoms with E-state index in [1.165, 1.54) is 4.90 Å². The summed E-state index contributed by atoms with van der Waals surface area (Å²) in [6, 6.07) is 5.37. The predicted molar refractivity (Wildman–Crippen MR) is 103 cm³/mol. The van der Waals surface area contributed by atoms with Crippen molar-refractivity contribution in [2.75, 3.05) is 19.4 Å². The van der Waals surface area contributed by atoms with Gasteiger partial charge in [0.25, 0.3) is 12.4 Å². The maximum absolute atomic E-state index is 12.2. The second-order valence-electron chi connectivity index (χ2n) is 5.97. The van der Waals surface area contributed by atoms with E-state index in [1.807, 2.05) is 30.7 Å². The first-order valence-electron chi connectivity index (χ1n) is 8.54. The highest BCUT2D eigenvalue weighted by atomic mass is 16.3. The van der Waals surface area contributed by atoms with Crippen molar-refractivity contribution in [1.82, 2.24) is 14.5 Å². The Morgan fingerprint density at radius 2 is 2.00 bits per heavy atom. The number of nitrogens with one attached hydrogen (secondary N) is 1. The first-order valence-corrected chi connectivity index (χ1v) is 8.54. The van der Waals surface area contributed by atoms with E-state index in [9.17, 15) is 9.59 Å². The smallest absolute Gasteiger partial charge is 0.290 e. The van der Waals surface area contributed by atoms with Crippen LogP contribution < -0.4 is 5.32 Å². The summed E-state index contributed by atoms with van der Waals surface area (Å²) in [5.41, 5.74) is 2.05. The molecular formula is C19H26N4O4. The molecule has 2 N–H and O–H groups in total. The lowest BCUT2D eigenvalue weighted by Gasteiger charge is -2.15. The number of rotatable bonds is 6. The minimum atomic E-state index is -0.250. The Labute approximate surface area is 158 Å². The Balaban J connectivity index is 0.00000114. The molecule has 1 heterocycles. The van der Waals surface area contributed by atoms with Gasteiger partial charge in [-0.15, -0.1) is 0 Å². The monoisotopic (exact) mass is 374 g/mol. The third kappa shape index (κ3) is 6.25. The third-order valence-electron chi connectivity index (χ3n) is 3.94. The molecular weight excluding hydrogens is 348 g/mol. The molecule has 0 aliphatic heterocycles. The van der Waals surface area contributed by atoms with Crippen LogP contribution in [0.3, 0.4) is 0 Å². The Morgan fingerprint density at radius 3 is 2.59 bits per heavy atom. The molecule has 0 spiro atoms. The number of carbonyl (C=O) groups is 3. The molecule has 146 valence electrons. The van der Waals surface area contributed by atoms with Gasteiger partial charge in [0.05, 0.1) is 0 Å². The molecule has 1 aromatic heterocycles. The van der Waals surface area contributed by atoms with E-state index in [0.29, 0.717) is 24.2 Å². The van der Waals surface area contributed by atoms with Crippen molar-refractivity contribution in [2.45, 2.75) is 33.2 Å². The zero-order chi connectivity index (χ0) is 20.4. The van der Waals surface area contributed by atoms with E-state index < -0.39 is 0 Å². The minimum absolute atomic E-state index is 0.0744. The summed E-state index contributed by atoms with van der Waals surface area (Å²) < 4.78 is 1.98. The molecule has 0 aliphatic rings. The molecule has 2 rings (SSSR count). The molecule has 0 saturated heterocycles. The van der Waals surface area contributed by atoms with Gasteiger partial charge in [-0.05, 0) is 24.6 Å². The number of imidazole rings is 1. The Kier molecular flexibility index (Phi) is 8.71. The number of nitrogens with zero attached hydrogens (tertiary/aromatic N) is 3. The molecule has 0 aliphatic carbocycles. The van der Waals surface area contributed by atoms with E-state index >= 15 is 0 Å². The molecule has 2 aromatic rings. The number of hydrogen-bond donors (Lipinski definition) is 2. The molecule has 27 heavy (non-hydrogen) atoms. The minimum Gasteiger partial charge on any atom is -0.483 e. The van der Waals surface area contributed by atoms with Gasteiger partial charge in [0.1, 0.15) is 5.82 Å². The van der Waals surface area contributed by atoms with E-state index in [2.05, 4.69) is 10.3 Å². The number of anilines is 1. The second-order valence-corrected chi connectivity index (χ2v) is 5.97. The average Bonchev–Trinajstić information content (AvgIpc) is 3.09. The molecule has 0 bridgehead atoms. The van der Waals surface area contributed by atoms with Crippen LogP contribution >= 0.6 is 0 Å². The Hall–Kier alpha value is -3.16. The van der Waals surface area contributed by atoms with Gasteiger partial charge in [0, 0.05) is 57.1 Å². The van der Waals surface area contributed by atoms with E-state index in [0.717, 1.165) is 17.8 Å². The number of carboxylic acid groups (broad SMARTS) is 1. The largest absolute Gasteiger partial charge is 0.483 e. The van der Waals surface area contributed by atoms with Gasteiger partial charge in [-0.2, -0.15) is 0 Å². The molecule has 8 heteroatoms. The number of hydrogen-bond acceptors (Lipinski definition) is 4. The van der Waals surface area contributed by atoms with Gasteiger partial charge in [0.2, 0.25) is 5.91 Å². The Morgan fingerprint density at radius 1 is 1.33 bits per heavy atom. The van der Waals surface area contributed by atoms with Crippen LogP contribution in [0.1, 0.15) is 35.1 Å². The summed E-state index contributed by atoms with van der Waals surface area (Å²) in [5.74, 6) is 0.815. The van der Waals surface area contributed by atoms with Crippen molar-refractivity contribution in [3.05, 3.63) is 47.5 Å². The number of carbonyl (C=O) groups excluding carboxylic acids is 2. The first kappa shape index (κ1) is 21.9. The second kappa shape index (κ2) is 10.7. The molecule has 0 saturated carbocycles. The van der Waals surface area contributed by atoms with E-state index in [1.54, 1.807) is 32.4 Å². The molecule has 0 atom stereocenters. The van der Waals surface area contributed by atoms with Gasteiger partial charge in [-0.1, -0.05) is 13.0 Å². The predicted octanol–water partition coefficient (Wildman–Crippen LogP) is 2.19. The maximum Gasteiger partial charge on any atom is 0.290 e. The van der Waals surface area contributed by atoms with Crippen LogP contribution in [0.5, 0.6) is 0 Å². The average molecular weight is 374 g/mol. The zero-order valence-electron chi connectivity index (χ0n) is 16.1. The van der Waals surface area contributed by atoms with Crippen molar-refractivity contribution in [1.29, 1.82) is 0 Å². The number of amides is 2. The van der Waals surface area contributed by atoms with Crippen LogP contribution in [0.4, 0.5) is 5.69 Å². The molecule has 0 radical (unpaired) electrons. The van der Waals surface area contributed by atoms with Gasteiger partial charge in [-0.3, -0.25) is 14.4 Å². The molecule has 1 aromatic carbocycles. The van der Waals surface area contributed by atoms with Crippen LogP contribution in [0, 0.1) is 6.92 Å². The highest BCUT2D eigenvalue weighted by Gasteiger charge is 2.14. The normalized spacial score (nSPS) is 9.78. The van der Waals surface area contributed by atoms with Crippen LogP contribution in [0.25, 0.3) is 0 Å². The van der Waals surface area contributed by atoms with Crippen LogP contribution in [-0.4, -0.2) is 51.9 Å². The fraction of sp³-hybridized carbons (Fsp3) is 0.368. The number of benzene rings is 1. The fourth-order valence-electron chi connectivity index (χ4n) is 2.54. The lowest BCUT2D eigenvalue weighted by molar-refractivity contribution is -0.123. The summed E-state index contributed by atoms with van der Waals surface area (Å²) in [7, 11) is 3.42. The zero-order valence-corrected chi connectivity index (χ0v) is 16.1. The Bertz CT molecular complexity index is 784. The molecule has 0 fully saturated rings. The van der Waals surface area contributed by atoms with Crippen molar-refractivity contribution in [3.63, 3.8) is 0 Å². The standard InChI is InChI=1S/C18H24N4O2.CH2O2/c1-5-16-19-10-12-22(16)11-9-17(23)20-15-8-6-7-14(13(15)2)18(24)21(3)4;2-1-3/h6-8,10,12H,5,9,11H2,1-4H3,(H,20,23);1H,(H,2,3). The quantitative estimate of drug-likeness (QED) is 0.754. The van der Waals surface area contributed by atoms with Gasteiger partial charge in [-0.25, -0.2) is 4.98 Å². The number of aryl methyl sites for hydroxylation is 2. The van der Waals surface area contributed by atoms with E-state index in [4.69, 9.17) is 9.90 Å². The lowest BCUT2D eigenvalue weighted by atomic mass is 10.1. The highest BCUT2D eigenvalue weighted by Crippen LogP contribution is 2.20. The SMILES string of the molecule is CCc1nccn1CCC(=O)Nc1cccc(C(=O)N(C)C)c1C.O=CO. The summed E-state index contributed by atoms with van der Waals surface area (Å²) >= 11 is 0. The summed E-state index contributed by atoms with van der Waals surface area (Å²) in [6.45, 7) is 4.22. The van der Waals surface area contributed by atoms with Crippen molar-refractivity contribution < 1.29 is 19.5 Å². The molecule has 8 nitrogen and oxygen atoms in total. The summed E-state index contributed by atoms with van der Waals surface area (Å²) in [6.07, 6.45) is 4.82. The van der Waals surface area contributed by atoms with Gasteiger partial charge >= 0.3 is 0 Å². The highest BCUT2D eigenvalue weighted by molar-refractivity contribution is 5.99. The van der Waals surface area contributed by atoms with Crippen LogP contribution in [0.2, 0.25) is 0 Å². The van der Waals surface area contributed by atoms with Crippen molar-refractivity contribution in [3.8, 4) is 0 Å². The first-order chi connectivity index (χ1) is 12.8. The van der Waals surface area contributed by atoms with Crippen LogP contribution in [0.15, 0.2) is 30.6 Å². The topological polar surface area (TPSA) is 105 Å². The summed E-state index contributed by atoms with van der Waals surface area (Å²) in [5, 5.41) is 9.79. The lowest BCUT2D eigenvalue weighted by Crippen LogP contribution is -2.23. The summed E-state index contributed by atoms with van der Waals surface area (Å²) in [4.78, 5) is 38.5. The molecule has 2 amide bonds. The molecule has 0 unspecified atom stereocenters. The maximum atomic E-state index is 12.2. The fourth-order valence-corrected chi connectivity index (χ4v) is 2.54. The number of aromatic nitrogens is 2. The third-order valence-corrected chi connectivity index (χ3v) is 3.94. The van der Waals surface area contributed by atoms with Gasteiger partial charge in [0.15, 0.2) is 0 Å². The van der Waals surface area contributed by atoms with Crippen molar-refractivity contribution >= 4 is 24.0 Å². The van der Waals surface area contributed by atoms with Crippen molar-refractivity contribution in [2.24, 2.45) is 0 Å². The van der Waals surface area contributed by atoms with Crippen LogP contribution in [-0.2, 0) is 22.6 Å². The van der Waals surface area contributed by atoms with E-state index in [-0.39, 0.29) is 18.3 Å². The van der Waals surface area contributed by atoms with Gasteiger partial charge < -0.3 is 19.9 Å².